The molecule has 0 bridgehead atoms. The highest BCUT2D eigenvalue weighted by Gasteiger charge is 2.38. The molecule has 3 rings (SSSR count). The molecule has 2 amide bonds. The van der Waals surface area contributed by atoms with E-state index in [0.29, 0.717) is 30.6 Å². The summed E-state index contributed by atoms with van der Waals surface area (Å²) in [4.78, 5) is 28.4. The van der Waals surface area contributed by atoms with Gasteiger partial charge in [-0.05, 0) is 37.0 Å². The van der Waals surface area contributed by atoms with Crippen LogP contribution >= 0.6 is 11.6 Å². The molecule has 22 heavy (non-hydrogen) atoms. The molecule has 0 unspecified atom stereocenters. The van der Waals surface area contributed by atoms with Gasteiger partial charge in [-0.2, -0.15) is 0 Å². The number of carbonyl (C=O) groups excluding carboxylic acids is 2. The molecule has 2 aliphatic rings. The molecule has 118 valence electrons. The summed E-state index contributed by atoms with van der Waals surface area (Å²) in [6.07, 6.45) is 3.25. The maximum atomic E-state index is 12.8. The largest absolute Gasteiger partial charge is 0.346 e. The zero-order valence-electron chi connectivity index (χ0n) is 12.8. The fraction of sp³-hybridized carbons (Fsp3) is 0.529. The molecule has 1 aromatic rings. The monoisotopic (exact) mass is 320 g/mol. The Bertz CT molecular complexity index is 569. The van der Waals surface area contributed by atoms with Gasteiger partial charge in [0, 0.05) is 43.5 Å². The third kappa shape index (κ3) is 3.43. The van der Waals surface area contributed by atoms with Crippen LogP contribution in [0.15, 0.2) is 24.3 Å². The highest BCUT2D eigenvalue weighted by Crippen LogP contribution is 2.32. The van der Waals surface area contributed by atoms with E-state index in [-0.39, 0.29) is 17.7 Å². The summed E-state index contributed by atoms with van der Waals surface area (Å²) >= 11 is 5.91. The Morgan fingerprint density at radius 3 is 2.55 bits per heavy atom. The van der Waals surface area contributed by atoms with E-state index < -0.39 is 0 Å². The number of nitrogens with zero attached hydrogens (tertiary/aromatic N) is 2. The molecule has 1 atom stereocenters. The lowest BCUT2D eigenvalue weighted by Gasteiger charge is -2.32. The average Bonchev–Trinajstić information content (AvgIpc) is 3.33. The number of piperidine rings is 1. The van der Waals surface area contributed by atoms with Crippen molar-refractivity contribution < 1.29 is 9.59 Å². The molecule has 1 saturated heterocycles. The minimum absolute atomic E-state index is 0.0758. The van der Waals surface area contributed by atoms with Gasteiger partial charge in [-0.25, -0.2) is 0 Å². The third-order valence-corrected chi connectivity index (χ3v) is 4.80. The first-order valence-electron chi connectivity index (χ1n) is 7.83. The first-order valence-corrected chi connectivity index (χ1v) is 8.21. The predicted molar refractivity (Wildman–Crippen MR) is 85.4 cm³/mol. The van der Waals surface area contributed by atoms with Crippen LogP contribution < -0.4 is 0 Å². The van der Waals surface area contributed by atoms with Crippen LogP contribution in [0.4, 0.5) is 0 Å². The number of amides is 2. The maximum absolute atomic E-state index is 12.8. The fourth-order valence-electron chi connectivity index (χ4n) is 2.95. The van der Waals surface area contributed by atoms with Gasteiger partial charge in [-0.15, -0.1) is 0 Å². The fourth-order valence-corrected chi connectivity index (χ4v) is 3.07. The van der Waals surface area contributed by atoms with E-state index in [1.54, 1.807) is 11.9 Å². The Hall–Kier alpha value is -1.55. The van der Waals surface area contributed by atoms with Crippen LogP contribution in [-0.4, -0.2) is 41.2 Å². The topological polar surface area (TPSA) is 40.6 Å². The molecule has 1 aliphatic carbocycles. The van der Waals surface area contributed by atoms with Crippen molar-refractivity contribution in [1.29, 1.82) is 0 Å². The molecule has 0 spiro atoms. The van der Waals surface area contributed by atoms with Crippen LogP contribution in [0, 0.1) is 5.92 Å². The highest BCUT2D eigenvalue weighted by molar-refractivity contribution is 6.30. The molecule has 2 fully saturated rings. The number of halogens is 1. The number of rotatable bonds is 4. The number of likely N-dealkylation sites (tertiary alicyclic amines) is 1. The van der Waals surface area contributed by atoms with Crippen molar-refractivity contribution in [3.05, 3.63) is 34.9 Å². The van der Waals surface area contributed by atoms with Crippen LogP contribution in [0.1, 0.15) is 31.2 Å². The Kier molecular flexibility index (Phi) is 4.39. The van der Waals surface area contributed by atoms with Crippen LogP contribution in [-0.2, 0) is 16.1 Å². The molecular weight excluding hydrogens is 300 g/mol. The van der Waals surface area contributed by atoms with Crippen molar-refractivity contribution in [1.82, 2.24) is 9.80 Å². The molecule has 0 N–H and O–H groups in total. The van der Waals surface area contributed by atoms with Gasteiger partial charge in [0.1, 0.15) is 0 Å². The van der Waals surface area contributed by atoms with Crippen molar-refractivity contribution in [2.24, 2.45) is 5.92 Å². The number of hydrogen-bond donors (Lipinski definition) is 0. The normalized spacial score (nSPS) is 21.8. The van der Waals surface area contributed by atoms with Gasteiger partial charge < -0.3 is 9.80 Å². The molecule has 1 saturated carbocycles. The smallest absolute Gasteiger partial charge is 0.226 e. The lowest BCUT2D eigenvalue weighted by molar-refractivity contribution is -0.145. The second kappa shape index (κ2) is 6.29. The Labute approximate surface area is 136 Å². The minimum Gasteiger partial charge on any atom is -0.346 e. The Balaban J connectivity index is 1.69. The second-order valence-electron chi connectivity index (χ2n) is 6.33. The molecule has 1 heterocycles. The standard InChI is InChI=1S/C17H21ClN2O2/c1-19-9-8-13(10-16(19)21)17(22)20(15-6-7-15)11-12-2-4-14(18)5-3-12/h2-5,13,15H,6-11H2,1H3/t13-/m0/s1. The van der Waals surface area contributed by atoms with E-state index in [2.05, 4.69) is 0 Å². The second-order valence-corrected chi connectivity index (χ2v) is 6.77. The summed E-state index contributed by atoms with van der Waals surface area (Å²) in [6.45, 7) is 1.29. The summed E-state index contributed by atoms with van der Waals surface area (Å²) < 4.78 is 0. The summed E-state index contributed by atoms with van der Waals surface area (Å²) in [5.41, 5.74) is 1.09. The van der Waals surface area contributed by atoms with E-state index in [4.69, 9.17) is 11.6 Å². The SMILES string of the molecule is CN1CC[C@H](C(=O)N(Cc2ccc(Cl)cc2)C2CC2)CC1=O. The van der Waals surface area contributed by atoms with Crippen LogP contribution in [0.2, 0.25) is 5.02 Å². The number of hydrogen-bond acceptors (Lipinski definition) is 2. The van der Waals surface area contributed by atoms with Gasteiger partial charge in [0.05, 0.1) is 0 Å². The van der Waals surface area contributed by atoms with E-state index in [0.717, 1.165) is 24.8 Å². The van der Waals surface area contributed by atoms with Crippen LogP contribution in [0.3, 0.4) is 0 Å². The van der Waals surface area contributed by atoms with Gasteiger partial charge in [0.2, 0.25) is 11.8 Å². The van der Waals surface area contributed by atoms with Crippen molar-refractivity contribution >= 4 is 23.4 Å². The molecule has 0 aromatic heterocycles. The van der Waals surface area contributed by atoms with Gasteiger partial charge in [0.25, 0.3) is 0 Å². The molecular formula is C17H21ClN2O2. The molecule has 4 nitrogen and oxygen atoms in total. The quantitative estimate of drug-likeness (QED) is 0.856. The molecule has 1 aliphatic heterocycles. The van der Waals surface area contributed by atoms with Gasteiger partial charge in [0.15, 0.2) is 0 Å². The summed E-state index contributed by atoms with van der Waals surface area (Å²) in [6, 6.07) is 7.98. The predicted octanol–water partition coefficient (Wildman–Crippen LogP) is 2.70. The van der Waals surface area contributed by atoms with Crippen molar-refractivity contribution in [2.75, 3.05) is 13.6 Å². The molecule has 5 heteroatoms. The van der Waals surface area contributed by atoms with Crippen LogP contribution in [0.5, 0.6) is 0 Å². The average molecular weight is 321 g/mol. The van der Waals surface area contributed by atoms with E-state index in [1.807, 2.05) is 29.2 Å². The molecule has 0 radical (unpaired) electrons. The lowest BCUT2D eigenvalue weighted by atomic mass is 9.94. The van der Waals surface area contributed by atoms with E-state index in [1.165, 1.54) is 0 Å². The Morgan fingerprint density at radius 1 is 1.27 bits per heavy atom. The van der Waals surface area contributed by atoms with E-state index >= 15 is 0 Å². The molecule has 1 aromatic carbocycles. The third-order valence-electron chi connectivity index (χ3n) is 4.55. The Morgan fingerprint density at radius 2 is 1.95 bits per heavy atom. The van der Waals surface area contributed by atoms with Gasteiger partial charge >= 0.3 is 0 Å². The van der Waals surface area contributed by atoms with Gasteiger partial charge in [-0.3, -0.25) is 9.59 Å². The summed E-state index contributed by atoms with van der Waals surface area (Å²) in [7, 11) is 1.80. The lowest BCUT2D eigenvalue weighted by Crippen LogP contribution is -2.44. The maximum Gasteiger partial charge on any atom is 0.226 e. The number of carbonyl (C=O) groups is 2. The van der Waals surface area contributed by atoms with Crippen molar-refractivity contribution in [2.45, 2.75) is 38.3 Å². The van der Waals surface area contributed by atoms with Crippen molar-refractivity contribution in [3.8, 4) is 0 Å². The minimum atomic E-state index is -0.156. The van der Waals surface area contributed by atoms with Crippen LogP contribution in [0.25, 0.3) is 0 Å². The summed E-state index contributed by atoms with van der Waals surface area (Å²) in [5.74, 6) is 0.0577. The zero-order chi connectivity index (χ0) is 15.7. The number of benzene rings is 1. The zero-order valence-corrected chi connectivity index (χ0v) is 13.6. The van der Waals surface area contributed by atoms with Gasteiger partial charge in [-0.1, -0.05) is 23.7 Å². The van der Waals surface area contributed by atoms with E-state index in [9.17, 15) is 9.59 Å². The van der Waals surface area contributed by atoms with Crippen molar-refractivity contribution in [3.63, 3.8) is 0 Å². The summed E-state index contributed by atoms with van der Waals surface area (Å²) in [5, 5.41) is 0.703. The highest BCUT2D eigenvalue weighted by atomic mass is 35.5. The first-order chi connectivity index (χ1) is 10.5. The first kappa shape index (κ1) is 15.3.